The number of rotatable bonds is 3. The highest BCUT2D eigenvalue weighted by Gasteiger charge is 2.13. The zero-order valence-electron chi connectivity index (χ0n) is 10.6. The standard InChI is InChI=1S/C15H13Cl2FO/c1-9-6-12(17)7-10(2)14(9)19-15-11(8-16)4-3-5-13(15)18/h3-7H,8H2,1-2H3. The van der Waals surface area contributed by atoms with E-state index in [0.29, 0.717) is 16.3 Å². The fourth-order valence-corrected chi connectivity index (χ4v) is 2.47. The van der Waals surface area contributed by atoms with Crippen LogP contribution in [0.2, 0.25) is 5.02 Å². The molecule has 2 rings (SSSR count). The van der Waals surface area contributed by atoms with Crippen molar-refractivity contribution in [2.75, 3.05) is 0 Å². The summed E-state index contributed by atoms with van der Waals surface area (Å²) in [5.74, 6) is 0.553. The molecular formula is C15H13Cl2FO. The summed E-state index contributed by atoms with van der Waals surface area (Å²) in [6.07, 6.45) is 0. The van der Waals surface area contributed by atoms with Gasteiger partial charge in [-0.25, -0.2) is 4.39 Å². The molecule has 1 nitrogen and oxygen atoms in total. The first-order valence-corrected chi connectivity index (χ1v) is 6.72. The van der Waals surface area contributed by atoms with Gasteiger partial charge in [-0.3, -0.25) is 0 Å². The quantitative estimate of drug-likeness (QED) is 0.668. The van der Waals surface area contributed by atoms with Crippen LogP contribution in [0.4, 0.5) is 4.39 Å². The van der Waals surface area contributed by atoms with Crippen molar-refractivity contribution in [2.45, 2.75) is 19.7 Å². The fourth-order valence-electron chi connectivity index (χ4n) is 1.93. The molecule has 0 N–H and O–H groups in total. The summed E-state index contributed by atoms with van der Waals surface area (Å²) in [6, 6.07) is 8.27. The van der Waals surface area contributed by atoms with Crippen LogP contribution in [0.5, 0.6) is 11.5 Å². The Morgan fingerprint density at radius 3 is 2.32 bits per heavy atom. The molecule has 0 aliphatic heterocycles. The maximum atomic E-state index is 13.9. The molecule has 100 valence electrons. The highest BCUT2D eigenvalue weighted by molar-refractivity contribution is 6.30. The van der Waals surface area contributed by atoms with Gasteiger partial charge in [0.15, 0.2) is 11.6 Å². The van der Waals surface area contributed by atoms with Gasteiger partial charge in [0.05, 0.1) is 5.88 Å². The van der Waals surface area contributed by atoms with Crippen molar-refractivity contribution < 1.29 is 9.13 Å². The van der Waals surface area contributed by atoms with Crippen LogP contribution in [0, 0.1) is 19.7 Å². The first kappa shape index (κ1) is 14.2. The molecule has 4 heteroatoms. The Balaban J connectivity index is 2.48. The van der Waals surface area contributed by atoms with Gasteiger partial charge < -0.3 is 4.74 Å². The Morgan fingerprint density at radius 1 is 1.11 bits per heavy atom. The van der Waals surface area contributed by atoms with Crippen LogP contribution in [0.25, 0.3) is 0 Å². The molecule has 0 aliphatic rings. The predicted molar refractivity (Wildman–Crippen MR) is 77.0 cm³/mol. The monoisotopic (exact) mass is 298 g/mol. The number of hydrogen-bond acceptors (Lipinski definition) is 1. The van der Waals surface area contributed by atoms with Crippen molar-refractivity contribution in [1.82, 2.24) is 0 Å². The second-order valence-corrected chi connectivity index (χ2v) is 5.04. The molecule has 0 aliphatic carbocycles. The van der Waals surface area contributed by atoms with E-state index >= 15 is 0 Å². The van der Waals surface area contributed by atoms with E-state index in [1.807, 2.05) is 13.8 Å². The molecule has 0 saturated carbocycles. The summed E-state index contributed by atoms with van der Waals surface area (Å²) in [6.45, 7) is 3.74. The summed E-state index contributed by atoms with van der Waals surface area (Å²) in [7, 11) is 0. The predicted octanol–water partition coefficient (Wildman–Crippen LogP) is 5.63. The third kappa shape index (κ3) is 3.02. The van der Waals surface area contributed by atoms with Gasteiger partial charge in [-0.05, 0) is 43.2 Å². The summed E-state index contributed by atoms with van der Waals surface area (Å²) >= 11 is 11.8. The van der Waals surface area contributed by atoms with Gasteiger partial charge in [-0.2, -0.15) is 0 Å². The lowest BCUT2D eigenvalue weighted by Crippen LogP contribution is -1.97. The highest BCUT2D eigenvalue weighted by atomic mass is 35.5. The topological polar surface area (TPSA) is 9.23 Å². The maximum Gasteiger partial charge on any atom is 0.167 e. The number of aryl methyl sites for hydroxylation is 2. The Morgan fingerprint density at radius 2 is 1.74 bits per heavy atom. The van der Waals surface area contributed by atoms with E-state index in [-0.39, 0.29) is 11.6 Å². The average molecular weight is 299 g/mol. The molecular weight excluding hydrogens is 286 g/mol. The Labute approximate surface area is 121 Å². The van der Waals surface area contributed by atoms with Gasteiger partial charge in [0.2, 0.25) is 0 Å². The van der Waals surface area contributed by atoms with Gasteiger partial charge in [0.25, 0.3) is 0 Å². The van der Waals surface area contributed by atoms with E-state index in [0.717, 1.165) is 11.1 Å². The Bertz CT molecular complexity index is 588. The van der Waals surface area contributed by atoms with E-state index in [4.69, 9.17) is 27.9 Å². The zero-order chi connectivity index (χ0) is 14.0. The molecule has 0 saturated heterocycles. The lowest BCUT2D eigenvalue weighted by atomic mass is 10.1. The molecule has 0 spiro atoms. The van der Waals surface area contributed by atoms with Gasteiger partial charge in [-0.15, -0.1) is 11.6 Å². The van der Waals surface area contributed by atoms with Crippen molar-refractivity contribution in [2.24, 2.45) is 0 Å². The third-order valence-corrected chi connectivity index (χ3v) is 3.33. The van der Waals surface area contributed by atoms with Crippen LogP contribution in [-0.2, 0) is 5.88 Å². The molecule has 0 amide bonds. The van der Waals surface area contributed by atoms with Crippen molar-refractivity contribution >= 4 is 23.2 Å². The minimum Gasteiger partial charge on any atom is -0.453 e. The van der Waals surface area contributed by atoms with Crippen molar-refractivity contribution in [3.8, 4) is 11.5 Å². The number of para-hydroxylation sites is 1. The molecule has 0 bridgehead atoms. The smallest absolute Gasteiger partial charge is 0.167 e. The second-order valence-electron chi connectivity index (χ2n) is 4.33. The minimum atomic E-state index is -0.424. The largest absolute Gasteiger partial charge is 0.453 e. The molecule has 19 heavy (non-hydrogen) atoms. The molecule has 0 heterocycles. The lowest BCUT2D eigenvalue weighted by molar-refractivity contribution is 0.433. The summed E-state index contributed by atoms with van der Waals surface area (Å²) in [4.78, 5) is 0. The van der Waals surface area contributed by atoms with Crippen molar-refractivity contribution in [3.05, 3.63) is 57.9 Å². The fraction of sp³-hybridized carbons (Fsp3) is 0.200. The van der Waals surface area contributed by atoms with Crippen LogP contribution in [0.1, 0.15) is 16.7 Å². The number of alkyl halides is 1. The van der Waals surface area contributed by atoms with Crippen molar-refractivity contribution in [1.29, 1.82) is 0 Å². The van der Waals surface area contributed by atoms with E-state index in [1.165, 1.54) is 6.07 Å². The van der Waals surface area contributed by atoms with Crippen LogP contribution >= 0.6 is 23.2 Å². The van der Waals surface area contributed by atoms with Crippen LogP contribution in [-0.4, -0.2) is 0 Å². The van der Waals surface area contributed by atoms with E-state index in [2.05, 4.69) is 0 Å². The number of ether oxygens (including phenoxy) is 1. The first-order valence-electron chi connectivity index (χ1n) is 5.81. The summed E-state index contributed by atoms with van der Waals surface area (Å²) in [5.41, 5.74) is 2.33. The van der Waals surface area contributed by atoms with Gasteiger partial charge in [0.1, 0.15) is 5.75 Å². The SMILES string of the molecule is Cc1cc(Cl)cc(C)c1Oc1c(F)cccc1CCl. The third-order valence-electron chi connectivity index (χ3n) is 2.82. The minimum absolute atomic E-state index is 0.172. The second kappa shape index (κ2) is 5.81. The van der Waals surface area contributed by atoms with Gasteiger partial charge in [-0.1, -0.05) is 23.7 Å². The molecule has 0 atom stereocenters. The normalized spacial score (nSPS) is 10.6. The van der Waals surface area contributed by atoms with Gasteiger partial charge in [0, 0.05) is 10.6 Å². The van der Waals surface area contributed by atoms with Crippen LogP contribution < -0.4 is 4.74 Å². The molecule has 0 unspecified atom stereocenters. The van der Waals surface area contributed by atoms with Gasteiger partial charge >= 0.3 is 0 Å². The maximum absolute atomic E-state index is 13.9. The number of benzene rings is 2. The molecule has 0 fully saturated rings. The molecule has 0 aromatic heterocycles. The highest BCUT2D eigenvalue weighted by Crippen LogP contribution is 2.34. The molecule has 2 aromatic rings. The Hall–Kier alpha value is -1.25. The molecule has 2 aromatic carbocycles. The van der Waals surface area contributed by atoms with E-state index < -0.39 is 5.82 Å². The molecule has 0 radical (unpaired) electrons. The van der Waals surface area contributed by atoms with E-state index in [9.17, 15) is 4.39 Å². The first-order chi connectivity index (χ1) is 9.02. The average Bonchev–Trinajstić information content (AvgIpc) is 2.34. The number of halogens is 3. The Kier molecular flexibility index (Phi) is 4.33. The van der Waals surface area contributed by atoms with Crippen LogP contribution in [0.3, 0.4) is 0 Å². The van der Waals surface area contributed by atoms with E-state index in [1.54, 1.807) is 24.3 Å². The van der Waals surface area contributed by atoms with Crippen LogP contribution in [0.15, 0.2) is 30.3 Å². The lowest BCUT2D eigenvalue weighted by Gasteiger charge is -2.15. The summed E-state index contributed by atoms with van der Waals surface area (Å²) < 4.78 is 19.6. The zero-order valence-corrected chi connectivity index (χ0v) is 12.1. The summed E-state index contributed by atoms with van der Waals surface area (Å²) in [5, 5.41) is 0.633. The van der Waals surface area contributed by atoms with Crippen molar-refractivity contribution in [3.63, 3.8) is 0 Å². The number of hydrogen-bond donors (Lipinski definition) is 0.